The van der Waals surface area contributed by atoms with Gasteiger partial charge in [-0.1, -0.05) is 0 Å². The minimum atomic E-state index is -0.431. The first kappa shape index (κ1) is 9.05. The van der Waals surface area contributed by atoms with Crippen molar-refractivity contribution in [1.29, 1.82) is 0 Å². The van der Waals surface area contributed by atoms with Crippen molar-refractivity contribution < 1.29 is 4.79 Å². The zero-order valence-corrected chi connectivity index (χ0v) is 8.32. The highest BCUT2D eigenvalue weighted by atomic mass is 16.1. The van der Waals surface area contributed by atoms with E-state index < -0.39 is 5.91 Å². The van der Waals surface area contributed by atoms with Crippen molar-refractivity contribution in [3.63, 3.8) is 0 Å². The molecule has 76 valence electrons. The molecule has 2 rings (SSSR count). The Labute approximate surface area is 82.3 Å². The average molecular weight is 194 g/mol. The van der Waals surface area contributed by atoms with Crippen LogP contribution in [-0.2, 0) is 0 Å². The number of nitrogens with zero attached hydrogens (tertiary/aromatic N) is 2. The number of fused-ring (bicyclic) bond motifs is 1. The van der Waals surface area contributed by atoms with Crippen LogP contribution in [0.15, 0.2) is 6.20 Å². The number of nitrogens with one attached hydrogen (secondary N) is 1. The van der Waals surface area contributed by atoms with E-state index in [1.165, 1.54) is 6.20 Å². The quantitative estimate of drug-likeness (QED) is 0.692. The summed E-state index contributed by atoms with van der Waals surface area (Å²) in [7, 11) is 0. The van der Waals surface area contributed by atoms with Gasteiger partial charge in [-0.2, -0.15) is 5.10 Å². The lowest BCUT2D eigenvalue weighted by Crippen LogP contribution is -2.30. The van der Waals surface area contributed by atoms with Gasteiger partial charge in [0.15, 0.2) is 0 Å². The highest BCUT2D eigenvalue weighted by molar-refractivity contribution is 5.97. The Bertz CT molecular complexity index is 371. The fourth-order valence-corrected chi connectivity index (χ4v) is 1.92. The smallest absolute Gasteiger partial charge is 0.254 e. The molecule has 0 saturated carbocycles. The molecule has 1 aromatic rings. The Kier molecular flexibility index (Phi) is 1.94. The molecule has 1 amide bonds. The van der Waals surface area contributed by atoms with E-state index in [9.17, 15) is 4.79 Å². The van der Waals surface area contributed by atoms with Gasteiger partial charge in [-0.25, -0.2) is 4.68 Å². The van der Waals surface area contributed by atoms with E-state index in [1.54, 1.807) is 0 Å². The standard InChI is InChI=1S/C9H14N4O/c1-5-3-6(2)13-9(12-5)7(4-11-13)8(10)14/h4-6,12H,3H2,1-2H3,(H2,10,14). The summed E-state index contributed by atoms with van der Waals surface area (Å²) in [6.07, 6.45) is 2.53. The zero-order valence-electron chi connectivity index (χ0n) is 8.32. The van der Waals surface area contributed by atoms with Gasteiger partial charge in [-0.3, -0.25) is 4.79 Å². The number of nitrogens with two attached hydrogens (primary N) is 1. The van der Waals surface area contributed by atoms with Gasteiger partial charge in [0.2, 0.25) is 0 Å². The highest BCUT2D eigenvalue weighted by Crippen LogP contribution is 2.28. The Balaban J connectivity index is 2.46. The van der Waals surface area contributed by atoms with Gasteiger partial charge in [0, 0.05) is 6.04 Å². The summed E-state index contributed by atoms with van der Waals surface area (Å²) in [5, 5.41) is 7.37. The number of hydrogen-bond acceptors (Lipinski definition) is 3. The third-order valence-electron chi connectivity index (χ3n) is 2.56. The number of hydrogen-bond donors (Lipinski definition) is 2. The Morgan fingerprint density at radius 1 is 1.71 bits per heavy atom. The molecule has 1 aromatic heterocycles. The van der Waals surface area contributed by atoms with E-state index in [2.05, 4.69) is 24.3 Å². The molecule has 0 aliphatic carbocycles. The monoisotopic (exact) mass is 194 g/mol. The molecule has 0 fully saturated rings. The summed E-state index contributed by atoms with van der Waals surface area (Å²) < 4.78 is 1.82. The van der Waals surface area contributed by atoms with E-state index in [-0.39, 0.29) is 0 Å². The molecule has 2 atom stereocenters. The summed E-state index contributed by atoms with van der Waals surface area (Å²) in [4.78, 5) is 11.1. The highest BCUT2D eigenvalue weighted by Gasteiger charge is 2.25. The third kappa shape index (κ3) is 1.25. The molecular formula is C9H14N4O. The molecule has 5 heteroatoms. The first-order valence-electron chi connectivity index (χ1n) is 4.73. The number of anilines is 1. The maximum atomic E-state index is 11.1. The predicted octanol–water partition coefficient (Wildman–Crippen LogP) is 0.747. The van der Waals surface area contributed by atoms with Crippen LogP contribution in [0.3, 0.4) is 0 Å². The molecule has 3 N–H and O–H groups in total. The van der Waals surface area contributed by atoms with Crippen molar-refractivity contribution >= 4 is 11.7 Å². The van der Waals surface area contributed by atoms with E-state index in [0.717, 1.165) is 12.2 Å². The van der Waals surface area contributed by atoms with Crippen LogP contribution in [0.4, 0.5) is 5.82 Å². The van der Waals surface area contributed by atoms with E-state index in [0.29, 0.717) is 17.6 Å². The number of carbonyl (C=O) groups excluding carboxylic acids is 1. The maximum absolute atomic E-state index is 11.1. The Hall–Kier alpha value is -1.52. The molecule has 1 aliphatic heterocycles. The first-order valence-corrected chi connectivity index (χ1v) is 4.73. The molecule has 0 radical (unpaired) electrons. The van der Waals surface area contributed by atoms with Crippen molar-refractivity contribution in [2.75, 3.05) is 5.32 Å². The molecule has 5 nitrogen and oxygen atoms in total. The minimum absolute atomic E-state index is 0.314. The summed E-state index contributed by atoms with van der Waals surface area (Å²) in [6, 6.07) is 0.668. The van der Waals surface area contributed by atoms with E-state index >= 15 is 0 Å². The van der Waals surface area contributed by atoms with Gasteiger partial charge < -0.3 is 11.1 Å². The topological polar surface area (TPSA) is 72.9 Å². The largest absolute Gasteiger partial charge is 0.367 e. The summed E-state index contributed by atoms with van der Waals surface area (Å²) in [5.41, 5.74) is 5.72. The predicted molar refractivity (Wildman–Crippen MR) is 53.2 cm³/mol. The van der Waals surface area contributed by atoms with Gasteiger partial charge in [0.05, 0.1) is 12.2 Å². The van der Waals surface area contributed by atoms with E-state index in [4.69, 9.17) is 5.73 Å². The van der Waals surface area contributed by atoms with Crippen LogP contribution in [0.25, 0.3) is 0 Å². The van der Waals surface area contributed by atoms with Crippen LogP contribution in [-0.4, -0.2) is 21.7 Å². The second-order valence-electron chi connectivity index (χ2n) is 3.85. The Morgan fingerprint density at radius 3 is 3.07 bits per heavy atom. The van der Waals surface area contributed by atoms with Crippen LogP contribution in [0.1, 0.15) is 36.7 Å². The van der Waals surface area contributed by atoms with Crippen molar-refractivity contribution in [2.24, 2.45) is 5.73 Å². The molecular weight excluding hydrogens is 180 g/mol. The summed E-state index contributed by atoms with van der Waals surface area (Å²) in [5.74, 6) is 0.323. The lowest BCUT2D eigenvalue weighted by Gasteiger charge is -2.28. The molecule has 0 saturated heterocycles. The number of primary amides is 1. The van der Waals surface area contributed by atoms with Gasteiger partial charge in [0.25, 0.3) is 5.91 Å². The number of amides is 1. The number of rotatable bonds is 1. The zero-order chi connectivity index (χ0) is 10.3. The second-order valence-corrected chi connectivity index (χ2v) is 3.85. The molecule has 0 aromatic carbocycles. The normalized spacial score (nSPS) is 25.3. The number of carbonyl (C=O) groups is 1. The third-order valence-corrected chi connectivity index (χ3v) is 2.56. The summed E-state index contributed by atoms with van der Waals surface area (Å²) >= 11 is 0. The minimum Gasteiger partial charge on any atom is -0.367 e. The van der Waals surface area contributed by atoms with Crippen LogP contribution >= 0.6 is 0 Å². The van der Waals surface area contributed by atoms with Gasteiger partial charge in [0.1, 0.15) is 11.4 Å². The molecule has 1 aliphatic rings. The van der Waals surface area contributed by atoms with Crippen LogP contribution in [0, 0.1) is 0 Å². The van der Waals surface area contributed by atoms with Crippen molar-refractivity contribution in [3.8, 4) is 0 Å². The average Bonchev–Trinajstić information content (AvgIpc) is 2.47. The SMILES string of the molecule is CC1CC(C)n2ncc(C(N)=O)c2N1. The number of aromatic nitrogens is 2. The van der Waals surface area contributed by atoms with Gasteiger partial charge >= 0.3 is 0 Å². The van der Waals surface area contributed by atoms with Gasteiger partial charge in [-0.15, -0.1) is 0 Å². The fraction of sp³-hybridized carbons (Fsp3) is 0.556. The molecule has 14 heavy (non-hydrogen) atoms. The fourth-order valence-electron chi connectivity index (χ4n) is 1.92. The van der Waals surface area contributed by atoms with Crippen molar-refractivity contribution in [2.45, 2.75) is 32.4 Å². The summed E-state index contributed by atoms with van der Waals surface area (Å²) in [6.45, 7) is 4.16. The van der Waals surface area contributed by atoms with Gasteiger partial charge in [-0.05, 0) is 20.3 Å². The van der Waals surface area contributed by atoms with Crippen LogP contribution in [0.5, 0.6) is 0 Å². The maximum Gasteiger partial charge on any atom is 0.254 e. The van der Waals surface area contributed by atoms with E-state index in [1.807, 2.05) is 4.68 Å². The lowest BCUT2D eigenvalue weighted by atomic mass is 10.1. The molecule has 2 heterocycles. The molecule has 2 unspecified atom stereocenters. The van der Waals surface area contributed by atoms with Crippen LogP contribution < -0.4 is 11.1 Å². The Morgan fingerprint density at radius 2 is 2.43 bits per heavy atom. The molecule has 0 bridgehead atoms. The van der Waals surface area contributed by atoms with Crippen molar-refractivity contribution in [3.05, 3.63) is 11.8 Å². The van der Waals surface area contributed by atoms with Crippen molar-refractivity contribution in [1.82, 2.24) is 9.78 Å². The molecule has 0 spiro atoms. The first-order chi connectivity index (χ1) is 6.59. The lowest BCUT2D eigenvalue weighted by molar-refractivity contribution is 0.100. The van der Waals surface area contributed by atoms with Crippen LogP contribution in [0.2, 0.25) is 0 Å². The second kappa shape index (κ2) is 3.01.